The van der Waals surface area contributed by atoms with Gasteiger partial charge in [0.05, 0.1) is 13.3 Å². The number of hydrazone groups is 1. The number of carbonyl (C=O) groups excluding carboxylic acids is 1. The van der Waals surface area contributed by atoms with Crippen molar-refractivity contribution in [3.8, 4) is 5.75 Å². The number of aromatic nitrogens is 2. The summed E-state index contributed by atoms with van der Waals surface area (Å²) in [4.78, 5) is 18.9. The van der Waals surface area contributed by atoms with Gasteiger partial charge in [-0.25, -0.2) is 5.43 Å². The number of fused-ring (bicyclic) bond motifs is 1. The Balaban J connectivity index is 1.77. The minimum absolute atomic E-state index is 0.281. The van der Waals surface area contributed by atoms with Crippen molar-refractivity contribution in [3.05, 3.63) is 60.0 Å². The first kappa shape index (κ1) is 13.8. The van der Waals surface area contributed by atoms with Crippen molar-refractivity contribution in [2.75, 3.05) is 7.11 Å². The predicted octanol–water partition coefficient (Wildman–Crippen LogP) is 2.34. The van der Waals surface area contributed by atoms with Crippen LogP contribution in [0.2, 0.25) is 0 Å². The fourth-order valence-corrected chi connectivity index (χ4v) is 2.08. The van der Waals surface area contributed by atoms with Crippen LogP contribution in [0.1, 0.15) is 15.9 Å². The molecule has 6 heteroatoms. The van der Waals surface area contributed by atoms with Gasteiger partial charge in [-0.3, -0.25) is 9.78 Å². The first-order valence-electron chi connectivity index (χ1n) is 6.66. The second kappa shape index (κ2) is 6.09. The SMILES string of the molecule is COc1ccc2[nH]cc(C=NNC(=O)c3ccncc3)c2c1. The fraction of sp³-hybridized carbons (Fsp3) is 0.0625. The Bertz CT molecular complexity index is 825. The van der Waals surface area contributed by atoms with Crippen LogP contribution < -0.4 is 10.2 Å². The Morgan fingerprint density at radius 1 is 1.32 bits per heavy atom. The summed E-state index contributed by atoms with van der Waals surface area (Å²) in [6.45, 7) is 0. The minimum atomic E-state index is -0.281. The molecule has 2 aromatic heterocycles. The van der Waals surface area contributed by atoms with Crippen molar-refractivity contribution in [1.82, 2.24) is 15.4 Å². The predicted molar refractivity (Wildman–Crippen MR) is 84.1 cm³/mol. The second-order valence-electron chi connectivity index (χ2n) is 4.59. The Morgan fingerprint density at radius 2 is 2.14 bits per heavy atom. The van der Waals surface area contributed by atoms with E-state index in [-0.39, 0.29) is 5.91 Å². The number of nitrogens with zero attached hydrogens (tertiary/aromatic N) is 2. The lowest BCUT2D eigenvalue weighted by Gasteiger charge is -2.00. The highest BCUT2D eigenvalue weighted by molar-refractivity contribution is 6.00. The molecule has 0 spiro atoms. The largest absolute Gasteiger partial charge is 0.497 e. The molecule has 0 saturated heterocycles. The van der Waals surface area contributed by atoms with Crippen molar-refractivity contribution in [2.24, 2.45) is 5.10 Å². The molecule has 22 heavy (non-hydrogen) atoms. The van der Waals surface area contributed by atoms with Gasteiger partial charge in [0.2, 0.25) is 0 Å². The molecule has 110 valence electrons. The molecule has 0 aliphatic rings. The van der Waals surface area contributed by atoms with Crippen molar-refractivity contribution in [2.45, 2.75) is 0 Å². The van der Waals surface area contributed by atoms with Crippen LogP contribution in [-0.4, -0.2) is 29.2 Å². The average Bonchev–Trinajstić information content (AvgIpc) is 2.98. The molecule has 0 bridgehead atoms. The molecule has 0 radical (unpaired) electrons. The Kier molecular flexibility index (Phi) is 3.82. The highest BCUT2D eigenvalue weighted by Crippen LogP contribution is 2.22. The second-order valence-corrected chi connectivity index (χ2v) is 4.59. The zero-order valence-electron chi connectivity index (χ0n) is 11.9. The number of rotatable bonds is 4. The molecule has 6 nitrogen and oxygen atoms in total. The molecular weight excluding hydrogens is 280 g/mol. The maximum atomic E-state index is 11.9. The maximum Gasteiger partial charge on any atom is 0.271 e. The number of H-pyrrole nitrogens is 1. The minimum Gasteiger partial charge on any atom is -0.497 e. The van der Waals surface area contributed by atoms with Gasteiger partial charge in [0, 0.05) is 40.6 Å². The molecule has 0 unspecified atom stereocenters. The van der Waals surface area contributed by atoms with E-state index in [2.05, 4.69) is 20.5 Å². The number of hydrogen-bond donors (Lipinski definition) is 2. The van der Waals surface area contributed by atoms with E-state index in [1.54, 1.807) is 37.9 Å². The average molecular weight is 294 g/mol. The Labute approximate surface area is 126 Å². The van der Waals surface area contributed by atoms with Gasteiger partial charge < -0.3 is 9.72 Å². The van der Waals surface area contributed by atoms with Crippen LogP contribution in [0.4, 0.5) is 0 Å². The normalized spacial score (nSPS) is 11.0. The zero-order valence-corrected chi connectivity index (χ0v) is 11.9. The van der Waals surface area contributed by atoms with Crippen LogP contribution in [0.5, 0.6) is 5.75 Å². The van der Waals surface area contributed by atoms with E-state index < -0.39 is 0 Å². The summed E-state index contributed by atoms with van der Waals surface area (Å²) in [6, 6.07) is 8.98. The van der Waals surface area contributed by atoms with Crippen LogP contribution in [0.15, 0.2) is 54.0 Å². The fourth-order valence-electron chi connectivity index (χ4n) is 2.08. The van der Waals surface area contributed by atoms with E-state index in [9.17, 15) is 4.79 Å². The molecule has 0 saturated carbocycles. The summed E-state index contributed by atoms with van der Waals surface area (Å²) in [7, 11) is 1.62. The number of methoxy groups -OCH3 is 1. The quantitative estimate of drug-likeness (QED) is 0.572. The van der Waals surface area contributed by atoms with Gasteiger partial charge in [-0.1, -0.05) is 0 Å². The van der Waals surface area contributed by atoms with Crippen LogP contribution in [0.25, 0.3) is 10.9 Å². The Hall–Kier alpha value is -3.15. The highest BCUT2D eigenvalue weighted by atomic mass is 16.5. The zero-order chi connectivity index (χ0) is 15.4. The first-order valence-corrected chi connectivity index (χ1v) is 6.66. The third kappa shape index (κ3) is 2.80. The molecule has 0 aliphatic heterocycles. The number of nitrogens with one attached hydrogen (secondary N) is 2. The first-order chi connectivity index (χ1) is 10.8. The van der Waals surface area contributed by atoms with Crippen LogP contribution in [0, 0.1) is 0 Å². The lowest BCUT2D eigenvalue weighted by molar-refractivity contribution is 0.0955. The topological polar surface area (TPSA) is 79.4 Å². The number of amides is 1. The van der Waals surface area contributed by atoms with E-state index in [0.29, 0.717) is 5.56 Å². The molecule has 0 aliphatic carbocycles. The van der Waals surface area contributed by atoms with E-state index in [0.717, 1.165) is 22.2 Å². The third-order valence-corrected chi connectivity index (χ3v) is 3.23. The smallest absolute Gasteiger partial charge is 0.271 e. The van der Waals surface area contributed by atoms with Crippen LogP contribution in [0.3, 0.4) is 0 Å². The lowest BCUT2D eigenvalue weighted by Crippen LogP contribution is -2.17. The van der Waals surface area contributed by atoms with E-state index in [4.69, 9.17) is 4.74 Å². The molecule has 0 fully saturated rings. The van der Waals surface area contributed by atoms with Gasteiger partial charge in [0.25, 0.3) is 5.91 Å². The number of carbonyl (C=O) groups is 1. The summed E-state index contributed by atoms with van der Waals surface area (Å²) in [5.41, 5.74) is 4.83. The summed E-state index contributed by atoms with van der Waals surface area (Å²) < 4.78 is 5.21. The monoisotopic (exact) mass is 294 g/mol. The summed E-state index contributed by atoms with van der Waals surface area (Å²) in [6.07, 6.45) is 6.54. The van der Waals surface area contributed by atoms with E-state index in [1.807, 2.05) is 24.4 Å². The summed E-state index contributed by atoms with van der Waals surface area (Å²) in [5, 5.41) is 4.96. The summed E-state index contributed by atoms with van der Waals surface area (Å²) in [5.74, 6) is 0.485. The van der Waals surface area contributed by atoms with Gasteiger partial charge in [-0.05, 0) is 30.3 Å². The summed E-state index contributed by atoms with van der Waals surface area (Å²) >= 11 is 0. The van der Waals surface area contributed by atoms with Gasteiger partial charge in [-0.2, -0.15) is 5.10 Å². The van der Waals surface area contributed by atoms with E-state index >= 15 is 0 Å². The van der Waals surface area contributed by atoms with Crippen molar-refractivity contribution in [1.29, 1.82) is 0 Å². The van der Waals surface area contributed by atoms with Gasteiger partial charge >= 0.3 is 0 Å². The van der Waals surface area contributed by atoms with E-state index in [1.165, 1.54) is 0 Å². The lowest BCUT2D eigenvalue weighted by atomic mass is 10.2. The molecule has 3 rings (SSSR count). The van der Waals surface area contributed by atoms with Crippen molar-refractivity contribution < 1.29 is 9.53 Å². The molecule has 3 aromatic rings. The highest BCUT2D eigenvalue weighted by Gasteiger charge is 2.04. The third-order valence-electron chi connectivity index (χ3n) is 3.23. The molecule has 1 amide bonds. The van der Waals surface area contributed by atoms with Gasteiger partial charge in [0.15, 0.2) is 0 Å². The molecule has 2 heterocycles. The van der Waals surface area contributed by atoms with Gasteiger partial charge in [-0.15, -0.1) is 0 Å². The molecule has 1 aromatic carbocycles. The maximum absolute atomic E-state index is 11.9. The Morgan fingerprint density at radius 3 is 2.91 bits per heavy atom. The van der Waals surface area contributed by atoms with Crippen LogP contribution in [-0.2, 0) is 0 Å². The molecular formula is C16H14N4O2. The molecule has 0 atom stereocenters. The number of pyridine rings is 1. The van der Waals surface area contributed by atoms with Gasteiger partial charge in [0.1, 0.15) is 5.75 Å². The molecule has 2 N–H and O–H groups in total. The van der Waals surface area contributed by atoms with Crippen molar-refractivity contribution in [3.63, 3.8) is 0 Å². The van der Waals surface area contributed by atoms with Crippen LogP contribution >= 0.6 is 0 Å². The van der Waals surface area contributed by atoms with Crippen molar-refractivity contribution >= 4 is 23.0 Å². The number of benzene rings is 1. The number of hydrogen-bond acceptors (Lipinski definition) is 4. The standard InChI is InChI=1S/C16H14N4O2/c1-22-13-2-3-15-14(8-13)12(9-18-15)10-19-20-16(21)11-4-6-17-7-5-11/h2-10,18H,1H3,(H,20,21). The number of aromatic amines is 1. The number of ether oxygens (including phenoxy) is 1.